The van der Waals surface area contributed by atoms with Gasteiger partial charge < -0.3 is 20.9 Å². The zero-order valence-corrected chi connectivity index (χ0v) is 10.9. The fourth-order valence-electron chi connectivity index (χ4n) is 1.19. The van der Waals surface area contributed by atoms with E-state index in [0.29, 0.717) is 5.01 Å². The van der Waals surface area contributed by atoms with Crippen LogP contribution in [0.4, 0.5) is 0 Å². The van der Waals surface area contributed by atoms with Gasteiger partial charge in [-0.1, -0.05) is 0 Å². The molecule has 0 saturated carbocycles. The standard InChI is InChI=1S/C10H13N3O5S/c1-18-8(14)2-5(10(16)17)13-9(15)6-4-19-7(3-11)12-6/h4-5H,2-3,11H2,1H3,(H,13,15)(H,16,17)/t5-/m0/s1. The number of methoxy groups -OCH3 is 1. The van der Waals surface area contributed by atoms with E-state index >= 15 is 0 Å². The molecule has 1 heterocycles. The molecule has 4 N–H and O–H groups in total. The molecule has 104 valence electrons. The van der Waals surface area contributed by atoms with Crippen molar-refractivity contribution in [2.45, 2.75) is 19.0 Å². The lowest BCUT2D eigenvalue weighted by Crippen LogP contribution is -2.42. The number of hydrogen-bond acceptors (Lipinski definition) is 7. The van der Waals surface area contributed by atoms with E-state index < -0.39 is 30.3 Å². The van der Waals surface area contributed by atoms with Crippen molar-refractivity contribution >= 4 is 29.2 Å². The molecule has 1 atom stereocenters. The topological polar surface area (TPSA) is 132 Å². The highest BCUT2D eigenvalue weighted by atomic mass is 32.1. The lowest BCUT2D eigenvalue weighted by Gasteiger charge is -2.12. The molecule has 0 spiro atoms. The van der Waals surface area contributed by atoms with Crippen molar-refractivity contribution in [3.8, 4) is 0 Å². The second kappa shape index (κ2) is 6.81. The van der Waals surface area contributed by atoms with Crippen LogP contribution in [0.25, 0.3) is 0 Å². The summed E-state index contributed by atoms with van der Waals surface area (Å²) in [5, 5.41) is 13.1. The number of rotatable bonds is 6. The number of esters is 1. The number of carboxylic acid groups (broad SMARTS) is 1. The normalized spacial score (nSPS) is 11.7. The van der Waals surface area contributed by atoms with Crippen LogP contribution in [0.2, 0.25) is 0 Å². The van der Waals surface area contributed by atoms with Gasteiger partial charge in [-0.05, 0) is 0 Å². The number of thiazole rings is 1. The van der Waals surface area contributed by atoms with E-state index in [0.717, 1.165) is 7.11 Å². The molecule has 1 aromatic heterocycles. The van der Waals surface area contributed by atoms with E-state index in [9.17, 15) is 14.4 Å². The number of nitrogens with zero attached hydrogens (tertiary/aromatic N) is 1. The minimum absolute atomic E-state index is 0.0709. The van der Waals surface area contributed by atoms with Crippen LogP contribution in [-0.2, 0) is 20.9 Å². The quantitative estimate of drug-likeness (QED) is 0.592. The van der Waals surface area contributed by atoms with Crippen molar-refractivity contribution in [1.29, 1.82) is 0 Å². The van der Waals surface area contributed by atoms with Crippen LogP contribution in [0, 0.1) is 0 Å². The lowest BCUT2D eigenvalue weighted by molar-refractivity contribution is -0.147. The Kier molecular flexibility index (Phi) is 5.39. The van der Waals surface area contributed by atoms with Crippen LogP contribution in [0.15, 0.2) is 5.38 Å². The van der Waals surface area contributed by atoms with Gasteiger partial charge in [0.05, 0.1) is 13.5 Å². The van der Waals surface area contributed by atoms with Crippen LogP contribution in [0.3, 0.4) is 0 Å². The Morgan fingerprint density at radius 2 is 2.26 bits per heavy atom. The summed E-state index contributed by atoms with van der Waals surface area (Å²) in [5.74, 6) is -2.73. The van der Waals surface area contributed by atoms with E-state index in [1.807, 2.05) is 0 Å². The Bertz CT molecular complexity index is 487. The molecule has 0 aliphatic rings. The molecule has 0 unspecified atom stereocenters. The number of carbonyl (C=O) groups is 3. The maximum absolute atomic E-state index is 11.7. The monoisotopic (exact) mass is 287 g/mol. The van der Waals surface area contributed by atoms with Crippen LogP contribution in [0.5, 0.6) is 0 Å². The van der Waals surface area contributed by atoms with E-state index in [2.05, 4.69) is 15.0 Å². The van der Waals surface area contributed by atoms with Gasteiger partial charge in [-0.15, -0.1) is 11.3 Å². The third kappa shape index (κ3) is 4.30. The zero-order valence-electron chi connectivity index (χ0n) is 10.1. The summed E-state index contributed by atoms with van der Waals surface area (Å²) in [6, 6.07) is -1.36. The Morgan fingerprint density at radius 3 is 2.74 bits per heavy atom. The summed E-state index contributed by atoms with van der Waals surface area (Å²) >= 11 is 1.20. The fourth-order valence-corrected chi connectivity index (χ4v) is 1.85. The highest BCUT2D eigenvalue weighted by Gasteiger charge is 2.25. The average molecular weight is 287 g/mol. The molecule has 0 bridgehead atoms. The van der Waals surface area contributed by atoms with Gasteiger partial charge in [0.15, 0.2) is 0 Å². The molecule has 1 aromatic rings. The second-order valence-electron chi connectivity index (χ2n) is 3.48. The average Bonchev–Trinajstić information content (AvgIpc) is 2.86. The van der Waals surface area contributed by atoms with E-state index in [-0.39, 0.29) is 12.2 Å². The molecule has 1 amide bonds. The minimum atomic E-state index is -1.36. The Hall–Kier alpha value is -2.00. The first kappa shape index (κ1) is 15.1. The molecule has 8 nitrogen and oxygen atoms in total. The fraction of sp³-hybridized carbons (Fsp3) is 0.400. The number of aromatic nitrogens is 1. The number of nitrogens with one attached hydrogen (secondary N) is 1. The van der Waals surface area contributed by atoms with E-state index in [1.165, 1.54) is 16.7 Å². The number of nitrogens with two attached hydrogens (primary N) is 1. The molecule has 0 aliphatic carbocycles. The van der Waals surface area contributed by atoms with Crippen molar-refractivity contribution in [3.05, 3.63) is 16.1 Å². The number of ether oxygens (including phenoxy) is 1. The SMILES string of the molecule is COC(=O)C[C@H](NC(=O)c1csc(CN)n1)C(=O)O. The summed E-state index contributed by atoms with van der Waals surface area (Å²) in [6.45, 7) is 0.197. The molecule has 1 rings (SSSR count). The van der Waals surface area contributed by atoms with Gasteiger partial charge in [0.25, 0.3) is 5.91 Å². The first-order chi connectivity index (χ1) is 8.97. The third-order valence-electron chi connectivity index (χ3n) is 2.16. The third-order valence-corrected chi connectivity index (χ3v) is 3.03. The van der Waals surface area contributed by atoms with Crippen molar-refractivity contribution in [1.82, 2.24) is 10.3 Å². The lowest BCUT2D eigenvalue weighted by atomic mass is 10.2. The second-order valence-corrected chi connectivity index (χ2v) is 4.42. The highest BCUT2D eigenvalue weighted by Crippen LogP contribution is 2.09. The first-order valence-corrected chi connectivity index (χ1v) is 6.10. The summed E-state index contributed by atoms with van der Waals surface area (Å²) in [6.07, 6.45) is -0.453. The van der Waals surface area contributed by atoms with Crippen molar-refractivity contribution < 1.29 is 24.2 Å². The molecule has 0 radical (unpaired) electrons. The predicted molar refractivity (Wildman–Crippen MR) is 65.5 cm³/mol. The summed E-state index contributed by atoms with van der Waals surface area (Å²) in [5.41, 5.74) is 5.43. The van der Waals surface area contributed by atoms with Gasteiger partial charge in [0, 0.05) is 11.9 Å². The molecule has 0 saturated heterocycles. The molecular weight excluding hydrogens is 274 g/mol. The van der Waals surface area contributed by atoms with Gasteiger partial charge in [-0.25, -0.2) is 9.78 Å². The minimum Gasteiger partial charge on any atom is -0.480 e. The molecule has 0 aromatic carbocycles. The van der Waals surface area contributed by atoms with Crippen molar-refractivity contribution in [2.75, 3.05) is 7.11 Å². The Balaban J connectivity index is 2.70. The number of hydrogen-bond donors (Lipinski definition) is 3. The van der Waals surface area contributed by atoms with Gasteiger partial charge in [0.2, 0.25) is 0 Å². The van der Waals surface area contributed by atoms with Gasteiger partial charge in [-0.2, -0.15) is 0 Å². The summed E-state index contributed by atoms with van der Waals surface area (Å²) < 4.78 is 4.36. The van der Waals surface area contributed by atoms with Crippen LogP contribution in [0.1, 0.15) is 21.9 Å². The van der Waals surface area contributed by atoms with Crippen molar-refractivity contribution in [3.63, 3.8) is 0 Å². The molecule has 19 heavy (non-hydrogen) atoms. The first-order valence-electron chi connectivity index (χ1n) is 5.23. The van der Waals surface area contributed by atoms with Crippen LogP contribution >= 0.6 is 11.3 Å². The Morgan fingerprint density at radius 1 is 1.58 bits per heavy atom. The Labute approximate surface area is 112 Å². The highest BCUT2D eigenvalue weighted by molar-refractivity contribution is 7.09. The van der Waals surface area contributed by atoms with Gasteiger partial charge >= 0.3 is 11.9 Å². The molecule has 9 heteroatoms. The van der Waals surface area contributed by atoms with Gasteiger partial charge in [0.1, 0.15) is 16.7 Å². The summed E-state index contributed by atoms with van der Waals surface area (Å²) in [4.78, 5) is 37.6. The van der Waals surface area contributed by atoms with Crippen LogP contribution in [-0.4, -0.2) is 41.1 Å². The number of aliphatic carboxylic acids is 1. The number of carbonyl (C=O) groups excluding carboxylic acids is 2. The summed E-state index contributed by atoms with van der Waals surface area (Å²) in [7, 11) is 1.14. The number of amides is 1. The smallest absolute Gasteiger partial charge is 0.326 e. The van der Waals surface area contributed by atoms with E-state index in [4.69, 9.17) is 10.8 Å². The van der Waals surface area contributed by atoms with Gasteiger partial charge in [-0.3, -0.25) is 9.59 Å². The molecule has 0 fully saturated rings. The van der Waals surface area contributed by atoms with E-state index in [1.54, 1.807) is 0 Å². The number of carboxylic acids is 1. The van der Waals surface area contributed by atoms with Crippen molar-refractivity contribution in [2.24, 2.45) is 5.73 Å². The largest absolute Gasteiger partial charge is 0.480 e. The van der Waals surface area contributed by atoms with Crippen LogP contribution < -0.4 is 11.1 Å². The maximum Gasteiger partial charge on any atom is 0.326 e. The maximum atomic E-state index is 11.7. The predicted octanol–water partition coefficient (Wildman–Crippen LogP) is -0.652. The molecule has 0 aliphatic heterocycles. The zero-order chi connectivity index (χ0) is 14.4. The molecular formula is C10H13N3O5S.